The van der Waals surface area contributed by atoms with Crippen molar-refractivity contribution < 1.29 is 0 Å². The molecule has 2 aromatic heterocycles. The minimum atomic E-state index is -0.284. The van der Waals surface area contributed by atoms with Crippen molar-refractivity contribution in [2.24, 2.45) is 7.05 Å². The smallest absolute Gasteiger partial charge is 0.332 e. The molecule has 0 aliphatic carbocycles. The Bertz CT molecular complexity index is 738. The standard InChI is InChI=1S/C13H21N5O2/c1-5-8-18-10-9(11(19)17(7-3)13(18)20)16(4)12(15-10)14-6-2/h5-8H2,1-4H3,(H,14,15). The van der Waals surface area contributed by atoms with Gasteiger partial charge < -0.3 is 9.88 Å². The van der Waals surface area contributed by atoms with Gasteiger partial charge in [-0.25, -0.2) is 4.79 Å². The van der Waals surface area contributed by atoms with Gasteiger partial charge >= 0.3 is 5.69 Å². The van der Waals surface area contributed by atoms with Crippen molar-refractivity contribution in [2.75, 3.05) is 11.9 Å². The molecule has 0 saturated heterocycles. The number of anilines is 1. The van der Waals surface area contributed by atoms with Gasteiger partial charge in [-0.15, -0.1) is 0 Å². The predicted molar refractivity (Wildman–Crippen MR) is 79.4 cm³/mol. The van der Waals surface area contributed by atoms with Gasteiger partial charge in [0.2, 0.25) is 5.95 Å². The van der Waals surface area contributed by atoms with Gasteiger partial charge in [0.1, 0.15) is 0 Å². The SMILES string of the molecule is CCCn1c(=O)n(CC)c(=O)c2c1nc(NCC)n2C. The Morgan fingerprint density at radius 2 is 1.85 bits per heavy atom. The first-order valence-electron chi connectivity index (χ1n) is 7.00. The molecule has 0 aliphatic rings. The Hall–Kier alpha value is -2.05. The maximum absolute atomic E-state index is 12.4. The summed E-state index contributed by atoms with van der Waals surface area (Å²) in [6.07, 6.45) is 0.810. The number of imidazole rings is 1. The van der Waals surface area contributed by atoms with E-state index in [0.717, 1.165) is 6.42 Å². The summed E-state index contributed by atoms with van der Waals surface area (Å²) in [6.45, 7) is 7.37. The predicted octanol–water partition coefficient (Wildman–Crippen LogP) is 0.758. The van der Waals surface area contributed by atoms with Crippen molar-refractivity contribution in [1.29, 1.82) is 0 Å². The highest BCUT2D eigenvalue weighted by atomic mass is 16.2. The van der Waals surface area contributed by atoms with E-state index in [9.17, 15) is 9.59 Å². The Morgan fingerprint density at radius 3 is 2.40 bits per heavy atom. The summed E-state index contributed by atoms with van der Waals surface area (Å²) in [4.78, 5) is 29.2. The fourth-order valence-corrected chi connectivity index (χ4v) is 2.38. The molecule has 110 valence electrons. The molecule has 0 bridgehead atoms. The number of nitrogens with zero attached hydrogens (tertiary/aromatic N) is 4. The van der Waals surface area contributed by atoms with Gasteiger partial charge in [-0.3, -0.25) is 13.9 Å². The van der Waals surface area contributed by atoms with Crippen molar-refractivity contribution in [1.82, 2.24) is 18.7 Å². The van der Waals surface area contributed by atoms with E-state index < -0.39 is 0 Å². The number of hydrogen-bond acceptors (Lipinski definition) is 4. The van der Waals surface area contributed by atoms with Crippen molar-refractivity contribution in [3.8, 4) is 0 Å². The number of fused-ring (bicyclic) bond motifs is 1. The Labute approximate surface area is 116 Å². The van der Waals surface area contributed by atoms with Gasteiger partial charge in [0.05, 0.1) is 0 Å². The van der Waals surface area contributed by atoms with Gasteiger partial charge in [0.25, 0.3) is 5.56 Å². The van der Waals surface area contributed by atoms with E-state index >= 15 is 0 Å². The molecule has 7 heteroatoms. The Morgan fingerprint density at radius 1 is 1.15 bits per heavy atom. The van der Waals surface area contributed by atoms with Crippen LogP contribution in [0.15, 0.2) is 9.59 Å². The summed E-state index contributed by atoms with van der Waals surface area (Å²) >= 11 is 0. The molecule has 7 nitrogen and oxygen atoms in total. The lowest BCUT2D eigenvalue weighted by Crippen LogP contribution is -2.40. The number of rotatable bonds is 5. The lowest BCUT2D eigenvalue weighted by atomic mass is 10.4. The average molecular weight is 279 g/mol. The highest BCUT2D eigenvalue weighted by molar-refractivity contribution is 5.74. The van der Waals surface area contributed by atoms with E-state index in [1.54, 1.807) is 23.1 Å². The average Bonchev–Trinajstić information content (AvgIpc) is 2.73. The quantitative estimate of drug-likeness (QED) is 0.877. The van der Waals surface area contributed by atoms with Crippen LogP contribution < -0.4 is 16.6 Å². The number of nitrogens with one attached hydrogen (secondary N) is 1. The van der Waals surface area contributed by atoms with Crippen molar-refractivity contribution in [2.45, 2.75) is 40.3 Å². The van der Waals surface area contributed by atoms with Crippen LogP contribution in [0.3, 0.4) is 0 Å². The molecule has 20 heavy (non-hydrogen) atoms. The van der Waals surface area contributed by atoms with Crippen LogP contribution >= 0.6 is 0 Å². The third-order valence-corrected chi connectivity index (χ3v) is 3.34. The molecule has 0 radical (unpaired) electrons. The Balaban J connectivity index is 2.92. The van der Waals surface area contributed by atoms with Crippen LogP contribution in [0.4, 0.5) is 5.95 Å². The van der Waals surface area contributed by atoms with Gasteiger partial charge in [-0.05, 0) is 20.3 Å². The fraction of sp³-hybridized carbons (Fsp3) is 0.615. The van der Waals surface area contributed by atoms with E-state index in [2.05, 4.69) is 10.3 Å². The molecule has 0 spiro atoms. The van der Waals surface area contributed by atoms with E-state index in [-0.39, 0.29) is 11.2 Å². The highest BCUT2D eigenvalue weighted by Gasteiger charge is 2.18. The number of hydrogen-bond donors (Lipinski definition) is 1. The third kappa shape index (κ3) is 2.03. The molecule has 0 aliphatic heterocycles. The van der Waals surface area contributed by atoms with Gasteiger partial charge in [-0.2, -0.15) is 4.98 Å². The summed E-state index contributed by atoms with van der Waals surface area (Å²) in [5.74, 6) is 0.609. The second-order valence-corrected chi connectivity index (χ2v) is 4.68. The van der Waals surface area contributed by atoms with Crippen molar-refractivity contribution in [3.05, 3.63) is 20.8 Å². The fourth-order valence-electron chi connectivity index (χ4n) is 2.38. The minimum absolute atomic E-state index is 0.279. The summed E-state index contributed by atoms with van der Waals surface area (Å²) in [5, 5.41) is 3.11. The molecule has 0 unspecified atom stereocenters. The normalized spacial score (nSPS) is 11.2. The monoisotopic (exact) mass is 279 g/mol. The van der Waals surface area contributed by atoms with E-state index in [1.807, 2.05) is 13.8 Å². The number of aromatic nitrogens is 4. The second-order valence-electron chi connectivity index (χ2n) is 4.68. The zero-order valence-electron chi connectivity index (χ0n) is 12.4. The largest absolute Gasteiger partial charge is 0.356 e. The van der Waals surface area contributed by atoms with E-state index in [1.165, 1.54) is 4.57 Å². The topological polar surface area (TPSA) is 73.8 Å². The molecule has 0 amide bonds. The lowest BCUT2D eigenvalue weighted by Gasteiger charge is -2.09. The van der Waals surface area contributed by atoms with Crippen LogP contribution in [0.5, 0.6) is 0 Å². The Kier molecular flexibility index (Phi) is 3.96. The van der Waals surface area contributed by atoms with Gasteiger partial charge in [0, 0.05) is 26.7 Å². The summed E-state index contributed by atoms with van der Waals surface area (Å²) in [6, 6.07) is 0. The van der Waals surface area contributed by atoms with Crippen molar-refractivity contribution >= 4 is 17.1 Å². The van der Waals surface area contributed by atoms with E-state index in [0.29, 0.717) is 36.7 Å². The zero-order chi connectivity index (χ0) is 14.9. The summed E-state index contributed by atoms with van der Waals surface area (Å²) in [5.41, 5.74) is 0.368. The molecule has 0 atom stereocenters. The molecular formula is C13H21N5O2. The second kappa shape index (κ2) is 5.52. The summed E-state index contributed by atoms with van der Waals surface area (Å²) < 4.78 is 4.56. The molecule has 0 saturated carbocycles. The third-order valence-electron chi connectivity index (χ3n) is 3.34. The van der Waals surface area contributed by atoms with Crippen molar-refractivity contribution in [3.63, 3.8) is 0 Å². The highest BCUT2D eigenvalue weighted by Crippen LogP contribution is 2.13. The molecule has 0 fully saturated rings. The molecule has 2 heterocycles. The maximum Gasteiger partial charge on any atom is 0.332 e. The molecule has 0 aromatic carbocycles. The first-order valence-corrected chi connectivity index (χ1v) is 7.00. The zero-order valence-corrected chi connectivity index (χ0v) is 12.4. The lowest BCUT2D eigenvalue weighted by molar-refractivity contribution is 0.579. The van der Waals surface area contributed by atoms with Crippen LogP contribution in [-0.2, 0) is 20.1 Å². The van der Waals surface area contributed by atoms with Crippen LogP contribution in [0, 0.1) is 0 Å². The molecule has 2 aromatic rings. The first-order chi connectivity index (χ1) is 9.56. The van der Waals surface area contributed by atoms with Crippen LogP contribution in [0.2, 0.25) is 0 Å². The van der Waals surface area contributed by atoms with Crippen LogP contribution in [-0.4, -0.2) is 25.2 Å². The molecular weight excluding hydrogens is 258 g/mol. The van der Waals surface area contributed by atoms with Crippen LogP contribution in [0.1, 0.15) is 27.2 Å². The van der Waals surface area contributed by atoms with Gasteiger partial charge in [-0.1, -0.05) is 6.92 Å². The molecule has 2 rings (SSSR count). The maximum atomic E-state index is 12.4. The van der Waals surface area contributed by atoms with E-state index in [4.69, 9.17) is 0 Å². The first kappa shape index (κ1) is 14.4. The minimum Gasteiger partial charge on any atom is -0.356 e. The van der Waals surface area contributed by atoms with Gasteiger partial charge in [0.15, 0.2) is 11.2 Å². The molecule has 1 N–H and O–H groups in total. The number of aryl methyl sites for hydroxylation is 2. The summed E-state index contributed by atoms with van der Waals surface area (Å²) in [7, 11) is 1.79. The van der Waals surface area contributed by atoms with Crippen LogP contribution in [0.25, 0.3) is 11.2 Å².